The van der Waals surface area contributed by atoms with Crippen LogP contribution in [0.25, 0.3) is 22.3 Å². The molecule has 11 nitrogen and oxygen atoms in total. The van der Waals surface area contributed by atoms with Gasteiger partial charge in [0.05, 0.1) is 11.4 Å². The van der Waals surface area contributed by atoms with Crippen LogP contribution in [0.5, 0.6) is 0 Å². The van der Waals surface area contributed by atoms with Crippen molar-refractivity contribution in [1.29, 1.82) is 0 Å². The first-order valence-electron chi connectivity index (χ1n) is 23.9. The Kier molecular flexibility index (Phi) is 17.6. The van der Waals surface area contributed by atoms with E-state index >= 15 is 0 Å². The third-order valence-electron chi connectivity index (χ3n) is 13.4. The average molecular weight is 914 g/mol. The molecule has 0 bridgehead atoms. The zero-order chi connectivity index (χ0) is 47.7. The summed E-state index contributed by atoms with van der Waals surface area (Å²) in [6.45, 7) is 5.89. The minimum Gasteiger partial charge on any atom is -0.446 e. The van der Waals surface area contributed by atoms with Gasteiger partial charge in [-0.3, -0.25) is 10.1 Å². The van der Waals surface area contributed by atoms with Crippen LogP contribution in [0.2, 0.25) is 0 Å². The highest BCUT2D eigenvalue weighted by Crippen LogP contribution is 2.43. The zero-order valence-corrected chi connectivity index (χ0v) is 39.7. The largest absolute Gasteiger partial charge is 0.446 e. The SMILES string of the molecule is CN1CCC(C(C(N)=O)(c2ccccc2)c2ccccc2)C1.CN1CCC(NC(=O)Nc2ccccc2-c2ccccc2)CC1.CN1CCC(OC(=O)Nc2ccccc2-c2ccccc2)CC1. The number of amides is 4. The second-order valence-electron chi connectivity index (χ2n) is 18.2. The number of hydrogen-bond donors (Lipinski definition) is 4. The number of benzene rings is 6. The van der Waals surface area contributed by atoms with Crippen molar-refractivity contribution < 1.29 is 19.1 Å². The highest BCUT2D eigenvalue weighted by molar-refractivity contribution is 5.95. The molecule has 5 N–H and O–H groups in total. The van der Waals surface area contributed by atoms with Gasteiger partial charge in [-0.15, -0.1) is 0 Å². The van der Waals surface area contributed by atoms with Gasteiger partial charge in [0.2, 0.25) is 5.91 Å². The van der Waals surface area contributed by atoms with E-state index in [-0.39, 0.29) is 36.1 Å². The van der Waals surface area contributed by atoms with Crippen molar-refractivity contribution in [2.24, 2.45) is 11.7 Å². The summed E-state index contributed by atoms with van der Waals surface area (Å²) >= 11 is 0. The summed E-state index contributed by atoms with van der Waals surface area (Å²) in [5.74, 6) is -0.0648. The van der Waals surface area contributed by atoms with Gasteiger partial charge in [-0.25, -0.2) is 9.59 Å². The van der Waals surface area contributed by atoms with E-state index < -0.39 is 5.41 Å². The zero-order valence-electron chi connectivity index (χ0n) is 39.7. The Bertz CT molecular complexity index is 2340. The Morgan fingerprint density at radius 2 is 0.926 bits per heavy atom. The van der Waals surface area contributed by atoms with Gasteiger partial charge in [0.15, 0.2) is 0 Å². The lowest BCUT2D eigenvalue weighted by Gasteiger charge is -2.37. The molecule has 3 aliphatic heterocycles. The molecule has 6 aromatic rings. The summed E-state index contributed by atoms with van der Waals surface area (Å²) in [6, 6.07) is 55.9. The molecule has 354 valence electrons. The first-order valence-corrected chi connectivity index (χ1v) is 23.9. The maximum Gasteiger partial charge on any atom is 0.411 e. The van der Waals surface area contributed by atoms with Crippen LogP contribution in [-0.2, 0) is 14.9 Å². The molecular formula is C57H67N7O4. The van der Waals surface area contributed by atoms with Crippen LogP contribution in [0.15, 0.2) is 170 Å². The number of nitrogens with two attached hydrogens (primary N) is 1. The van der Waals surface area contributed by atoms with E-state index in [1.807, 2.05) is 158 Å². The number of para-hydroxylation sites is 2. The Morgan fingerprint density at radius 3 is 1.38 bits per heavy atom. The number of primary amides is 1. The molecule has 3 heterocycles. The van der Waals surface area contributed by atoms with Crippen molar-refractivity contribution in [3.05, 3.63) is 181 Å². The van der Waals surface area contributed by atoms with Crippen LogP contribution in [0.4, 0.5) is 21.0 Å². The summed E-state index contributed by atoms with van der Waals surface area (Å²) < 4.78 is 5.56. The standard InChI is InChI=1S/C19H23N3O.C19H22N2O2.C19H22N2O/c1-22-13-11-16(12-14-22)20-19(23)21-18-10-6-5-9-17(18)15-7-3-2-4-8-15;1-21-13-11-16(12-14-21)23-19(22)20-18-10-6-5-9-17(18)15-7-3-2-4-8-15;1-21-13-12-17(14-21)19(18(20)22,15-8-4-2-5-9-15)16-10-6-3-7-11-16/h2-10,16H,11-14H2,1H3,(H2,20,21,23);2-10,16H,11-14H2,1H3,(H,20,22);2-11,17H,12-14H2,1H3,(H2,20,22). The van der Waals surface area contributed by atoms with Gasteiger partial charge in [-0.05, 0) is 113 Å². The molecule has 6 aromatic carbocycles. The Balaban J connectivity index is 0.000000151. The molecule has 0 aromatic heterocycles. The molecule has 1 unspecified atom stereocenters. The van der Waals surface area contributed by atoms with E-state index in [2.05, 4.69) is 63.9 Å². The van der Waals surface area contributed by atoms with Gasteiger partial charge in [-0.1, -0.05) is 158 Å². The molecule has 9 rings (SSSR count). The molecule has 1 atom stereocenters. The van der Waals surface area contributed by atoms with Gasteiger partial charge in [0, 0.05) is 36.8 Å². The molecule has 0 spiro atoms. The monoisotopic (exact) mass is 914 g/mol. The second kappa shape index (κ2) is 24.3. The van der Waals surface area contributed by atoms with Crippen molar-refractivity contribution in [2.45, 2.75) is 49.7 Å². The highest BCUT2D eigenvalue weighted by Gasteiger charge is 2.49. The van der Waals surface area contributed by atoms with Gasteiger partial charge in [0.1, 0.15) is 11.5 Å². The predicted molar refractivity (Wildman–Crippen MR) is 276 cm³/mol. The van der Waals surface area contributed by atoms with Crippen LogP contribution >= 0.6 is 0 Å². The topological polar surface area (TPSA) is 132 Å². The number of urea groups is 1. The number of hydrogen-bond acceptors (Lipinski definition) is 7. The molecule has 0 radical (unpaired) electrons. The smallest absolute Gasteiger partial charge is 0.411 e. The van der Waals surface area contributed by atoms with Gasteiger partial charge in [0.25, 0.3) is 0 Å². The number of nitrogens with one attached hydrogen (secondary N) is 3. The molecule has 0 aliphatic carbocycles. The second-order valence-corrected chi connectivity index (χ2v) is 18.2. The van der Waals surface area contributed by atoms with Crippen molar-refractivity contribution >= 4 is 29.4 Å². The first kappa shape index (κ1) is 49.1. The number of carbonyl (C=O) groups excluding carboxylic acids is 3. The predicted octanol–water partition coefficient (Wildman–Crippen LogP) is 9.98. The fourth-order valence-electron chi connectivity index (χ4n) is 9.63. The normalized spacial score (nSPS) is 17.1. The van der Waals surface area contributed by atoms with E-state index in [0.29, 0.717) is 0 Å². The quantitative estimate of drug-likeness (QED) is 0.108. The van der Waals surface area contributed by atoms with Crippen molar-refractivity contribution in [1.82, 2.24) is 20.0 Å². The Hall–Kier alpha value is -6.79. The van der Waals surface area contributed by atoms with Gasteiger partial charge in [-0.2, -0.15) is 0 Å². The number of piperidine rings is 2. The van der Waals surface area contributed by atoms with Crippen LogP contribution in [0.1, 0.15) is 43.2 Å². The summed E-state index contributed by atoms with van der Waals surface area (Å²) in [7, 11) is 6.31. The minimum absolute atomic E-state index is 0.00934. The van der Waals surface area contributed by atoms with E-state index in [4.69, 9.17) is 10.5 Å². The summed E-state index contributed by atoms with van der Waals surface area (Å²) in [5.41, 5.74) is 13.0. The highest BCUT2D eigenvalue weighted by atomic mass is 16.6. The maximum absolute atomic E-state index is 12.7. The lowest BCUT2D eigenvalue weighted by Crippen LogP contribution is -2.49. The average Bonchev–Trinajstić information content (AvgIpc) is 3.81. The van der Waals surface area contributed by atoms with Gasteiger partial charge < -0.3 is 35.8 Å². The number of likely N-dealkylation sites (tertiary alicyclic amines) is 3. The lowest BCUT2D eigenvalue weighted by molar-refractivity contribution is -0.123. The summed E-state index contributed by atoms with van der Waals surface area (Å²) in [6.07, 6.45) is 4.41. The van der Waals surface area contributed by atoms with Crippen molar-refractivity contribution in [3.8, 4) is 22.3 Å². The van der Waals surface area contributed by atoms with E-state index in [9.17, 15) is 14.4 Å². The molecule has 4 amide bonds. The van der Waals surface area contributed by atoms with Crippen molar-refractivity contribution in [2.75, 3.05) is 71.0 Å². The number of ether oxygens (including phenoxy) is 1. The van der Waals surface area contributed by atoms with Crippen LogP contribution < -0.4 is 21.7 Å². The Labute approximate surface area is 402 Å². The third-order valence-corrected chi connectivity index (χ3v) is 13.4. The Morgan fingerprint density at radius 1 is 0.515 bits per heavy atom. The molecule has 3 saturated heterocycles. The number of rotatable bonds is 10. The fraction of sp³-hybridized carbons (Fsp3) is 0.316. The number of anilines is 2. The molecule has 0 saturated carbocycles. The molecule has 68 heavy (non-hydrogen) atoms. The van der Waals surface area contributed by atoms with Gasteiger partial charge >= 0.3 is 12.1 Å². The maximum atomic E-state index is 12.7. The third kappa shape index (κ3) is 13.0. The lowest BCUT2D eigenvalue weighted by atomic mass is 9.64. The van der Waals surface area contributed by atoms with E-state index in [0.717, 1.165) is 116 Å². The first-order chi connectivity index (χ1) is 33.1. The van der Waals surface area contributed by atoms with Crippen LogP contribution in [0.3, 0.4) is 0 Å². The van der Waals surface area contributed by atoms with E-state index in [1.165, 1.54) is 0 Å². The molecule has 3 aliphatic rings. The molecule has 3 fully saturated rings. The van der Waals surface area contributed by atoms with E-state index in [1.54, 1.807) is 0 Å². The van der Waals surface area contributed by atoms with Crippen LogP contribution in [-0.4, -0.2) is 105 Å². The fourth-order valence-corrected chi connectivity index (χ4v) is 9.63. The minimum atomic E-state index is -0.757. The molecular weight excluding hydrogens is 847 g/mol. The summed E-state index contributed by atoms with van der Waals surface area (Å²) in [5, 5.41) is 8.99. The van der Waals surface area contributed by atoms with Crippen LogP contribution in [0, 0.1) is 5.92 Å². The number of carbonyl (C=O) groups is 3. The number of nitrogens with zero attached hydrogens (tertiary/aromatic N) is 3. The van der Waals surface area contributed by atoms with Crippen molar-refractivity contribution in [3.63, 3.8) is 0 Å². The summed E-state index contributed by atoms with van der Waals surface area (Å²) in [4.78, 5) is 44.0. The molecule has 11 heteroatoms.